The van der Waals surface area contributed by atoms with Crippen molar-refractivity contribution in [2.24, 2.45) is 0 Å². The lowest BCUT2D eigenvalue weighted by molar-refractivity contribution is -0.117. The summed E-state index contributed by atoms with van der Waals surface area (Å²) >= 11 is 6.21. The van der Waals surface area contributed by atoms with E-state index in [2.05, 4.69) is 5.32 Å². The van der Waals surface area contributed by atoms with Gasteiger partial charge in [-0.05, 0) is 53.6 Å². The van der Waals surface area contributed by atoms with Gasteiger partial charge in [0.1, 0.15) is 10.6 Å². The van der Waals surface area contributed by atoms with Gasteiger partial charge in [-0.2, -0.15) is 4.31 Å². The van der Waals surface area contributed by atoms with E-state index < -0.39 is 15.9 Å². The van der Waals surface area contributed by atoms with E-state index in [9.17, 15) is 13.2 Å². The van der Waals surface area contributed by atoms with Crippen molar-refractivity contribution >= 4 is 44.0 Å². The van der Waals surface area contributed by atoms with Crippen LogP contribution in [-0.2, 0) is 19.6 Å². The average molecular weight is 489 g/mol. The van der Waals surface area contributed by atoms with Crippen LogP contribution in [0.15, 0.2) is 59.5 Å². The zero-order chi connectivity index (χ0) is 23.6. The van der Waals surface area contributed by atoms with Gasteiger partial charge >= 0.3 is 0 Å². The number of morpholine rings is 1. The zero-order valence-electron chi connectivity index (χ0n) is 18.4. The first-order valence-electron chi connectivity index (χ1n) is 10.6. The second kappa shape index (κ2) is 9.69. The van der Waals surface area contributed by atoms with E-state index in [1.54, 1.807) is 20.1 Å². The molecular formula is C24H25ClN2O5S. The highest BCUT2D eigenvalue weighted by Gasteiger charge is 2.29. The lowest BCUT2D eigenvalue weighted by Gasteiger charge is -2.26. The van der Waals surface area contributed by atoms with Crippen LogP contribution in [0.1, 0.15) is 18.4 Å². The Morgan fingerprint density at radius 3 is 2.48 bits per heavy atom. The monoisotopic (exact) mass is 488 g/mol. The molecule has 7 nitrogen and oxygen atoms in total. The Bertz CT molecular complexity index is 1290. The quantitative estimate of drug-likeness (QED) is 0.560. The maximum atomic E-state index is 13.0. The van der Waals surface area contributed by atoms with E-state index in [-0.39, 0.29) is 28.9 Å². The molecule has 1 heterocycles. The highest BCUT2D eigenvalue weighted by atomic mass is 35.5. The van der Waals surface area contributed by atoms with E-state index >= 15 is 0 Å². The first kappa shape index (κ1) is 23.5. The number of benzene rings is 3. The molecule has 1 aliphatic rings. The normalized spacial score (nSPS) is 15.8. The summed E-state index contributed by atoms with van der Waals surface area (Å²) in [6.07, 6.45) is 0. The number of anilines is 1. The van der Waals surface area contributed by atoms with Gasteiger partial charge in [0.25, 0.3) is 0 Å². The standard InChI is InChI=1S/C24H25ClN2O5S/c1-16(17-3-4-19-14-21(31-2)7-5-18(19)13-17)24(28)26-20-6-8-22(25)23(15-20)33(29,30)27-9-11-32-12-10-27/h3-8,13-16H,9-12H2,1-2H3,(H,26,28)/t16-/m0/s1. The summed E-state index contributed by atoms with van der Waals surface area (Å²) in [5.41, 5.74) is 1.22. The van der Waals surface area contributed by atoms with Crippen molar-refractivity contribution in [3.8, 4) is 5.75 Å². The maximum Gasteiger partial charge on any atom is 0.244 e. The Balaban J connectivity index is 1.54. The van der Waals surface area contributed by atoms with Crippen LogP contribution in [0.3, 0.4) is 0 Å². The molecule has 0 saturated carbocycles. The summed E-state index contributed by atoms with van der Waals surface area (Å²) in [6, 6.07) is 16.1. The number of fused-ring (bicyclic) bond motifs is 1. The number of hydrogen-bond donors (Lipinski definition) is 1. The Kier molecular flexibility index (Phi) is 6.90. The molecule has 0 spiro atoms. The molecule has 3 aromatic rings. The first-order chi connectivity index (χ1) is 15.8. The summed E-state index contributed by atoms with van der Waals surface area (Å²) in [7, 11) is -2.17. The van der Waals surface area contributed by atoms with Gasteiger partial charge in [0.15, 0.2) is 0 Å². The van der Waals surface area contributed by atoms with Crippen molar-refractivity contribution < 1.29 is 22.7 Å². The number of carbonyl (C=O) groups is 1. The summed E-state index contributed by atoms with van der Waals surface area (Å²) in [5.74, 6) is 0.0676. The van der Waals surface area contributed by atoms with Crippen molar-refractivity contribution in [3.05, 3.63) is 65.2 Å². The molecule has 3 aromatic carbocycles. The summed E-state index contributed by atoms with van der Waals surface area (Å²) in [4.78, 5) is 12.9. The van der Waals surface area contributed by atoms with Gasteiger partial charge < -0.3 is 14.8 Å². The molecule has 0 bridgehead atoms. The molecule has 9 heteroatoms. The summed E-state index contributed by atoms with van der Waals surface area (Å²) in [6.45, 7) is 3.01. The molecule has 33 heavy (non-hydrogen) atoms. The van der Waals surface area contributed by atoms with Gasteiger partial charge in [0.05, 0.1) is 31.3 Å². The number of rotatable bonds is 6. The van der Waals surface area contributed by atoms with Gasteiger partial charge in [-0.15, -0.1) is 0 Å². The molecule has 1 amide bonds. The Labute approximate surface area is 198 Å². The number of sulfonamides is 1. The van der Waals surface area contributed by atoms with Crippen molar-refractivity contribution in [2.75, 3.05) is 38.7 Å². The highest BCUT2D eigenvalue weighted by Crippen LogP contribution is 2.30. The highest BCUT2D eigenvalue weighted by molar-refractivity contribution is 7.89. The predicted octanol–water partition coefficient (Wildman–Crippen LogP) is 4.26. The van der Waals surface area contributed by atoms with Gasteiger partial charge in [-0.25, -0.2) is 8.42 Å². The number of carbonyl (C=O) groups excluding carboxylic acids is 1. The van der Waals surface area contributed by atoms with E-state index in [1.807, 2.05) is 36.4 Å². The fourth-order valence-electron chi connectivity index (χ4n) is 3.75. The first-order valence-corrected chi connectivity index (χ1v) is 12.4. The zero-order valence-corrected chi connectivity index (χ0v) is 19.9. The SMILES string of the molecule is COc1ccc2cc([C@H](C)C(=O)Nc3ccc(Cl)c(S(=O)(=O)N4CCOCC4)c3)ccc2c1. The van der Waals surface area contributed by atoms with Crippen LogP contribution in [0.25, 0.3) is 10.8 Å². The minimum atomic E-state index is -3.79. The van der Waals surface area contributed by atoms with Crippen LogP contribution in [-0.4, -0.2) is 52.0 Å². The van der Waals surface area contributed by atoms with Crippen LogP contribution in [0, 0.1) is 0 Å². The van der Waals surface area contributed by atoms with Crippen molar-refractivity contribution in [2.45, 2.75) is 17.7 Å². The molecular weight excluding hydrogens is 464 g/mol. The van der Waals surface area contributed by atoms with Crippen LogP contribution in [0.2, 0.25) is 5.02 Å². The molecule has 1 saturated heterocycles. The molecule has 1 aliphatic heterocycles. The maximum absolute atomic E-state index is 13.0. The topological polar surface area (TPSA) is 84.9 Å². The molecule has 0 aromatic heterocycles. The largest absolute Gasteiger partial charge is 0.497 e. The number of nitrogens with zero attached hydrogens (tertiary/aromatic N) is 1. The van der Waals surface area contributed by atoms with Crippen LogP contribution >= 0.6 is 11.6 Å². The third-order valence-electron chi connectivity index (χ3n) is 5.75. The van der Waals surface area contributed by atoms with E-state index in [1.165, 1.54) is 16.4 Å². The molecule has 0 aliphatic carbocycles. The Morgan fingerprint density at radius 1 is 1.06 bits per heavy atom. The Morgan fingerprint density at radius 2 is 1.76 bits per heavy atom. The lowest BCUT2D eigenvalue weighted by atomic mass is 9.97. The van der Waals surface area contributed by atoms with Gasteiger partial charge in [-0.1, -0.05) is 35.9 Å². The van der Waals surface area contributed by atoms with Crippen molar-refractivity contribution in [1.82, 2.24) is 4.31 Å². The number of hydrogen-bond acceptors (Lipinski definition) is 5. The molecule has 1 N–H and O–H groups in total. The fourth-order valence-corrected chi connectivity index (χ4v) is 5.65. The van der Waals surface area contributed by atoms with Gasteiger partial charge in [0, 0.05) is 18.8 Å². The smallest absolute Gasteiger partial charge is 0.244 e. The number of ether oxygens (including phenoxy) is 2. The third-order valence-corrected chi connectivity index (χ3v) is 8.13. The molecule has 0 unspecified atom stereocenters. The number of methoxy groups -OCH3 is 1. The summed E-state index contributed by atoms with van der Waals surface area (Å²) in [5, 5.41) is 4.95. The second-order valence-corrected chi connectivity index (χ2v) is 10.2. The second-order valence-electron chi connectivity index (χ2n) is 7.85. The molecule has 1 atom stereocenters. The van der Waals surface area contributed by atoms with E-state index in [0.29, 0.717) is 18.9 Å². The molecule has 4 rings (SSSR count). The third kappa shape index (κ3) is 4.99. The van der Waals surface area contributed by atoms with Crippen LogP contribution in [0.4, 0.5) is 5.69 Å². The molecule has 1 fully saturated rings. The number of nitrogens with one attached hydrogen (secondary N) is 1. The Hall–Kier alpha value is -2.65. The van der Waals surface area contributed by atoms with Crippen molar-refractivity contribution in [1.29, 1.82) is 0 Å². The van der Waals surface area contributed by atoms with Crippen LogP contribution in [0.5, 0.6) is 5.75 Å². The van der Waals surface area contributed by atoms with Crippen molar-refractivity contribution in [3.63, 3.8) is 0 Å². The summed E-state index contributed by atoms with van der Waals surface area (Å²) < 4.78 is 37.9. The predicted molar refractivity (Wildman–Crippen MR) is 129 cm³/mol. The minimum absolute atomic E-state index is 0.0313. The number of amides is 1. The van der Waals surface area contributed by atoms with Gasteiger partial charge in [0.2, 0.25) is 15.9 Å². The molecule has 174 valence electrons. The van der Waals surface area contributed by atoms with Crippen LogP contribution < -0.4 is 10.1 Å². The number of halogens is 1. The van der Waals surface area contributed by atoms with E-state index in [4.69, 9.17) is 21.1 Å². The minimum Gasteiger partial charge on any atom is -0.497 e. The molecule has 0 radical (unpaired) electrons. The lowest BCUT2D eigenvalue weighted by Crippen LogP contribution is -2.40. The van der Waals surface area contributed by atoms with E-state index in [0.717, 1.165) is 22.1 Å². The average Bonchev–Trinajstić information content (AvgIpc) is 2.84. The fraction of sp³-hybridized carbons (Fsp3) is 0.292. The van der Waals surface area contributed by atoms with Gasteiger partial charge in [-0.3, -0.25) is 4.79 Å².